The number of amides is 2. The van der Waals surface area contributed by atoms with Crippen molar-refractivity contribution in [2.24, 2.45) is 0 Å². The molecular weight excluding hydrogens is 292 g/mol. The van der Waals surface area contributed by atoms with Crippen molar-refractivity contribution in [2.45, 2.75) is 18.9 Å². The summed E-state index contributed by atoms with van der Waals surface area (Å²) in [6.45, 7) is 0. The second kappa shape index (κ2) is 4.92. The van der Waals surface area contributed by atoms with Gasteiger partial charge in [0.15, 0.2) is 0 Å². The Hall–Kier alpha value is -3.20. The molecule has 0 saturated carbocycles. The van der Waals surface area contributed by atoms with E-state index >= 15 is 0 Å². The van der Waals surface area contributed by atoms with Crippen molar-refractivity contribution >= 4 is 33.8 Å². The second-order valence-corrected chi connectivity index (χ2v) is 5.52. The number of para-hydroxylation sites is 1. The number of hydrogen-bond donors (Lipinski definition) is 1. The third-order valence-electron chi connectivity index (χ3n) is 4.23. The third kappa shape index (κ3) is 1.90. The van der Waals surface area contributed by atoms with Crippen molar-refractivity contribution in [1.82, 2.24) is 14.9 Å². The van der Waals surface area contributed by atoms with Gasteiger partial charge in [0.2, 0.25) is 11.8 Å². The molecule has 6 heteroatoms. The zero-order valence-corrected chi connectivity index (χ0v) is 12.1. The van der Waals surface area contributed by atoms with Crippen molar-refractivity contribution in [1.29, 1.82) is 5.26 Å². The fourth-order valence-electron chi connectivity index (χ4n) is 3.25. The van der Waals surface area contributed by atoms with Crippen LogP contribution in [-0.2, 0) is 9.59 Å². The molecular formula is C17H12N4O2. The number of rotatable bonds is 1. The number of benzene rings is 1. The van der Waals surface area contributed by atoms with E-state index in [0.29, 0.717) is 24.1 Å². The van der Waals surface area contributed by atoms with Crippen LogP contribution in [0.2, 0.25) is 0 Å². The van der Waals surface area contributed by atoms with Gasteiger partial charge >= 0.3 is 0 Å². The van der Waals surface area contributed by atoms with E-state index in [1.54, 1.807) is 12.3 Å². The molecule has 1 N–H and O–H groups in total. The van der Waals surface area contributed by atoms with Gasteiger partial charge in [-0.1, -0.05) is 18.2 Å². The highest BCUT2D eigenvalue weighted by Gasteiger charge is 2.31. The lowest BCUT2D eigenvalue weighted by atomic mass is 10.1. The molecule has 6 nitrogen and oxygen atoms in total. The van der Waals surface area contributed by atoms with Gasteiger partial charge in [0.1, 0.15) is 11.7 Å². The zero-order valence-electron chi connectivity index (χ0n) is 12.1. The molecule has 0 spiro atoms. The Morgan fingerprint density at radius 1 is 1.26 bits per heavy atom. The van der Waals surface area contributed by atoms with E-state index in [9.17, 15) is 14.9 Å². The van der Waals surface area contributed by atoms with Crippen LogP contribution in [0.25, 0.3) is 21.9 Å². The SMILES string of the molecule is N#Cc1ccnc2c1c1ccccc1n2C1CCC(=O)NC1=O. The fourth-order valence-corrected chi connectivity index (χ4v) is 3.25. The minimum atomic E-state index is -0.503. The molecule has 3 heterocycles. The summed E-state index contributed by atoms with van der Waals surface area (Å²) in [5.41, 5.74) is 1.96. The maximum absolute atomic E-state index is 12.3. The molecule has 1 fully saturated rings. The van der Waals surface area contributed by atoms with E-state index in [4.69, 9.17) is 0 Å². The molecule has 1 unspecified atom stereocenters. The van der Waals surface area contributed by atoms with Gasteiger partial charge in [-0.15, -0.1) is 0 Å². The number of carbonyl (C=O) groups is 2. The number of carbonyl (C=O) groups excluding carboxylic acids is 2. The molecule has 0 aliphatic carbocycles. The number of nitrogens with zero attached hydrogens (tertiary/aromatic N) is 3. The summed E-state index contributed by atoms with van der Waals surface area (Å²) >= 11 is 0. The summed E-state index contributed by atoms with van der Waals surface area (Å²) in [4.78, 5) is 28.1. The van der Waals surface area contributed by atoms with Crippen LogP contribution in [0.1, 0.15) is 24.4 Å². The molecule has 1 aliphatic rings. The molecule has 3 aromatic rings. The molecule has 0 radical (unpaired) electrons. The Balaban J connectivity index is 2.08. The maximum atomic E-state index is 12.3. The smallest absolute Gasteiger partial charge is 0.249 e. The molecule has 1 aliphatic heterocycles. The van der Waals surface area contributed by atoms with Gasteiger partial charge in [-0.2, -0.15) is 5.26 Å². The normalized spacial score (nSPS) is 18.1. The lowest BCUT2D eigenvalue weighted by molar-refractivity contribution is -0.135. The molecule has 4 rings (SSSR count). The van der Waals surface area contributed by atoms with E-state index in [1.165, 1.54) is 0 Å². The molecule has 2 aromatic heterocycles. The van der Waals surface area contributed by atoms with Crippen LogP contribution in [0.5, 0.6) is 0 Å². The maximum Gasteiger partial charge on any atom is 0.249 e. The second-order valence-electron chi connectivity index (χ2n) is 5.52. The molecule has 1 aromatic carbocycles. The molecule has 1 saturated heterocycles. The average Bonchev–Trinajstić information content (AvgIpc) is 2.90. The molecule has 112 valence electrons. The van der Waals surface area contributed by atoms with Crippen LogP contribution in [0, 0.1) is 11.3 Å². The summed E-state index contributed by atoms with van der Waals surface area (Å²) < 4.78 is 1.84. The quantitative estimate of drug-likeness (QED) is 0.697. The number of imide groups is 1. The van der Waals surface area contributed by atoms with Crippen LogP contribution in [0.3, 0.4) is 0 Å². The first-order valence-electron chi connectivity index (χ1n) is 7.32. The Kier molecular flexibility index (Phi) is 2.88. The summed E-state index contributed by atoms with van der Waals surface area (Å²) in [5.74, 6) is -0.578. The van der Waals surface area contributed by atoms with Crippen molar-refractivity contribution in [3.05, 3.63) is 42.1 Å². The average molecular weight is 304 g/mol. The minimum absolute atomic E-state index is 0.252. The number of piperidine rings is 1. The Morgan fingerprint density at radius 3 is 2.87 bits per heavy atom. The first-order chi connectivity index (χ1) is 11.2. The predicted molar refractivity (Wildman–Crippen MR) is 83.4 cm³/mol. The number of fused-ring (bicyclic) bond motifs is 3. The monoisotopic (exact) mass is 304 g/mol. The summed E-state index contributed by atoms with van der Waals surface area (Å²) in [6.07, 6.45) is 2.29. The van der Waals surface area contributed by atoms with Crippen molar-refractivity contribution in [3.63, 3.8) is 0 Å². The summed E-state index contributed by atoms with van der Waals surface area (Å²) in [7, 11) is 0. The van der Waals surface area contributed by atoms with E-state index in [-0.39, 0.29) is 11.8 Å². The van der Waals surface area contributed by atoms with E-state index < -0.39 is 6.04 Å². The summed E-state index contributed by atoms with van der Waals surface area (Å²) in [6, 6.07) is 11.0. The van der Waals surface area contributed by atoms with Gasteiger partial charge in [0.05, 0.1) is 17.1 Å². The first kappa shape index (κ1) is 13.5. The van der Waals surface area contributed by atoms with Crippen LogP contribution in [0.15, 0.2) is 36.5 Å². The summed E-state index contributed by atoms with van der Waals surface area (Å²) in [5, 5.41) is 13.4. The Morgan fingerprint density at radius 2 is 2.09 bits per heavy atom. The predicted octanol–water partition coefficient (Wildman–Crippen LogP) is 2.04. The van der Waals surface area contributed by atoms with Crippen LogP contribution in [0.4, 0.5) is 0 Å². The topological polar surface area (TPSA) is 87.8 Å². The number of aromatic nitrogens is 2. The standard InChI is InChI=1S/C17H12N4O2/c18-9-10-7-8-19-16-15(10)11-3-1-2-4-12(11)21(16)13-5-6-14(22)20-17(13)23/h1-4,7-8,13H,5-6H2,(H,20,22,23). The van der Waals surface area contributed by atoms with Crippen molar-refractivity contribution in [2.75, 3.05) is 0 Å². The van der Waals surface area contributed by atoms with Gasteiger partial charge in [0.25, 0.3) is 0 Å². The molecule has 2 amide bonds. The molecule has 23 heavy (non-hydrogen) atoms. The molecule has 0 bridgehead atoms. The number of pyridine rings is 1. The Bertz CT molecular complexity index is 1010. The van der Waals surface area contributed by atoms with Gasteiger partial charge in [-0.25, -0.2) is 4.98 Å². The van der Waals surface area contributed by atoms with Crippen LogP contribution < -0.4 is 5.32 Å². The van der Waals surface area contributed by atoms with Crippen LogP contribution in [-0.4, -0.2) is 21.4 Å². The lowest BCUT2D eigenvalue weighted by Crippen LogP contribution is -2.41. The minimum Gasteiger partial charge on any atom is -0.313 e. The van der Waals surface area contributed by atoms with Crippen LogP contribution >= 0.6 is 0 Å². The fraction of sp³-hybridized carbons (Fsp3) is 0.176. The number of nitrogens with one attached hydrogen (secondary N) is 1. The van der Waals surface area contributed by atoms with E-state index in [1.807, 2.05) is 28.8 Å². The number of hydrogen-bond acceptors (Lipinski definition) is 4. The lowest BCUT2D eigenvalue weighted by Gasteiger charge is -2.23. The largest absolute Gasteiger partial charge is 0.313 e. The highest BCUT2D eigenvalue weighted by atomic mass is 16.2. The van der Waals surface area contributed by atoms with Crippen molar-refractivity contribution in [3.8, 4) is 6.07 Å². The Labute approximate surface area is 131 Å². The van der Waals surface area contributed by atoms with Gasteiger partial charge in [-0.05, 0) is 18.6 Å². The third-order valence-corrected chi connectivity index (χ3v) is 4.23. The van der Waals surface area contributed by atoms with Gasteiger partial charge in [0, 0.05) is 23.4 Å². The van der Waals surface area contributed by atoms with Gasteiger partial charge < -0.3 is 4.57 Å². The van der Waals surface area contributed by atoms with Gasteiger partial charge in [-0.3, -0.25) is 14.9 Å². The first-order valence-corrected chi connectivity index (χ1v) is 7.32. The van der Waals surface area contributed by atoms with E-state index in [0.717, 1.165) is 16.3 Å². The molecule has 1 atom stereocenters. The van der Waals surface area contributed by atoms with Crippen molar-refractivity contribution < 1.29 is 9.59 Å². The highest BCUT2D eigenvalue weighted by Crippen LogP contribution is 2.34. The highest BCUT2D eigenvalue weighted by molar-refractivity contribution is 6.11. The van der Waals surface area contributed by atoms with E-state index in [2.05, 4.69) is 16.4 Å². The number of nitriles is 1. The zero-order chi connectivity index (χ0) is 16.0.